The van der Waals surface area contributed by atoms with Gasteiger partial charge in [-0.1, -0.05) is 38.1 Å². The second-order valence-electron chi connectivity index (χ2n) is 8.16. The molecule has 1 fully saturated rings. The van der Waals surface area contributed by atoms with E-state index >= 15 is 0 Å². The van der Waals surface area contributed by atoms with Crippen LogP contribution >= 0.6 is 0 Å². The van der Waals surface area contributed by atoms with E-state index in [2.05, 4.69) is 5.32 Å². The summed E-state index contributed by atoms with van der Waals surface area (Å²) >= 11 is 0. The number of ketones is 1. The fourth-order valence-electron chi connectivity index (χ4n) is 3.84. The van der Waals surface area contributed by atoms with Crippen molar-refractivity contribution in [3.63, 3.8) is 0 Å². The Kier molecular flexibility index (Phi) is 7.32. The smallest absolute Gasteiger partial charge is 0.236 e. The fourth-order valence-corrected chi connectivity index (χ4v) is 3.84. The van der Waals surface area contributed by atoms with Gasteiger partial charge < -0.3 is 10.2 Å². The summed E-state index contributed by atoms with van der Waals surface area (Å²) in [7, 11) is 0. The molecular weight excluding hydrogens is 386 g/mol. The van der Waals surface area contributed by atoms with Crippen molar-refractivity contribution < 1.29 is 18.4 Å². The van der Waals surface area contributed by atoms with E-state index in [0.29, 0.717) is 24.2 Å². The Labute approximate surface area is 176 Å². The van der Waals surface area contributed by atoms with Gasteiger partial charge in [0, 0.05) is 48.7 Å². The molecule has 3 rings (SSSR count). The number of nitrogens with one attached hydrogen (secondary N) is 1. The van der Waals surface area contributed by atoms with Crippen LogP contribution < -0.4 is 5.32 Å². The number of hydrogen-bond acceptors (Lipinski definition) is 3. The molecule has 1 unspecified atom stereocenters. The van der Waals surface area contributed by atoms with E-state index in [0.717, 1.165) is 24.5 Å². The molecule has 30 heavy (non-hydrogen) atoms. The van der Waals surface area contributed by atoms with E-state index < -0.39 is 11.6 Å². The van der Waals surface area contributed by atoms with Gasteiger partial charge in [-0.15, -0.1) is 0 Å². The maximum Gasteiger partial charge on any atom is 0.236 e. The molecule has 0 aliphatic carbocycles. The number of benzene rings is 2. The molecule has 0 saturated carbocycles. The summed E-state index contributed by atoms with van der Waals surface area (Å²) < 4.78 is 26.7. The number of likely N-dealkylation sites (tertiary alicyclic amines) is 1. The van der Waals surface area contributed by atoms with Crippen molar-refractivity contribution >= 4 is 11.7 Å². The minimum atomic E-state index is -0.621. The summed E-state index contributed by atoms with van der Waals surface area (Å²) in [6.07, 6.45) is 1.86. The Bertz CT molecular complexity index is 914. The van der Waals surface area contributed by atoms with Crippen LogP contribution in [0.5, 0.6) is 0 Å². The van der Waals surface area contributed by atoms with Gasteiger partial charge >= 0.3 is 0 Å². The van der Waals surface area contributed by atoms with Crippen molar-refractivity contribution in [2.45, 2.75) is 39.2 Å². The van der Waals surface area contributed by atoms with Gasteiger partial charge in [-0.05, 0) is 30.5 Å². The van der Waals surface area contributed by atoms with Crippen molar-refractivity contribution in [3.8, 4) is 0 Å². The highest BCUT2D eigenvalue weighted by molar-refractivity contribution is 5.97. The largest absolute Gasteiger partial charge is 0.341 e. The first-order valence-corrected chi connectivity index (χ1v) is 10.4. The zero-order valence-electron chi connectivity index (χ0n) is 17.5. The Hall–Kier alpha value is -2.60. The molecule has 0 bridgehead atoms. The number of rotatable bonds is 7. The SMILES string of the molecule is CC(C)C(=O)c1cccc(C2CCCN(C(=O)CNCc3ccc(F)cc3F)C2)c1. The van der Waals surface area contributed by atoms with Crippen molar-refractivity contribution in [1.29, 1.82) is 0 Å². The summed E-state index contributed by atoms with van der Waals surface area (Å²) in [5, 5.41) is 2.95. The predicted molar refractivity (Wildman–Crippen MR) is 112 cm³/mol. The molecule has 2 aromatic carbocycles. The third-order valence-corrected chi connectivity index (χ3v) is 5.55. The second-order valence-corrected chi connectivity index (χ2v) is 8.16. The van der Waals surface area contributed by atoms with Crippen LogP contribution in [0.1, 0.15) is 54.1 Å². The Balaban J connectivity index is 1.57. The van der Waals surface area contributed by atoms with Gasteiger partial charge in [0.25, 0.3) is 0 Å². The van der Waals surface area contributed by atoms with Crippen molar-refractivity contribution in [2.24, 2.45) is 5.92 Å². The molecule has 2 aromatic rings. The van der Waals surface area contributed by atoms with Crippen LogP contribution in [0.25, 0.3) is 0 Å². The topological polar surface area (TPSA) is 49.4 Å². The van der Waals surface area contributed by atoms with Gasteiger partial charge in [-0.2, -0.15) is 0 Å². The summed E-state index contributed by atoms with van der Waals surface area (Å²) in [4.78, 5) is 26.8. The number of carbonyl (C=O) groups excluding carboxylic acids is 2. The summed E-state index contributed by atoms with van der Waals surface area (Å²) in [5.41, 5.74) is 2.13. The van der Waals surface area contributed by atoms with E-state index in [-0.39, 0.29) is 36.6 Å². The highest BCUT2D eigenvalue weighted by Crippen LogP contribution is 2.28. The zero-order valence-corrected chi connectivity index (χ0v) is 17.5. The van der Waals surface area contributed by atoms with Gasteiger partial charge in [-0.25, -0.2) is 8.78 Å². The Morgan fingerprint density at radius 2 is 1.97 bits per heavy atom. The molecule has 1 aliphatic heterocycles. The number of halogens is 2. The lowest BCUT2D eigenvalue weighted by Crippen LogP contribution is -2.43. The van der Waals surface area contributed by atoms with Gasteiger partial charge in [0.2, 0.25) is 5.91 Å². The molecule has 1 heterocycles. The molecule has 6 heteroatoms. The molecule has 1 saturated heterocycles. The van der Waals surface area contributed by atoms with Gasteiger partial charge in [0.1, 0.15) is 11.6 Å². The highest BCUT2D eigenvalue weighted by atomic mass is 19.1. The molecular formula is C24H28F2N2O2. The van der Waals surface area contributed by atoms with E-state index in [1.54, 1.807) is 0 Å². The van der Waals surface area contributed by atoms with Crippen LogP contribution in [0.4, 0.5) is 8.78 Å². The van der Waals surface area contributed by atoms with Crippen LogP contribution in [0, 0.1) is 17.6 Å². The molecule has 0 spiro atoms. The first-order valence-electron chi connectivity index (χ1n) is 10.4. The lowest BCUT2D eigenvalue weighted by atomic mass is 9.88. The van der Waals surface area contributed by atoms with Gasteiger partial charge in [0.05, 0.1) is 6.54 Å². The quantitative estimate of drug-likeness (QED) is 0.688. The number of amides is 1. The molecule has 160 valence electrons. The summed E-state index contributed by atoms with van der Waals surface area (Å²) in [5.74, 6) is -1.03. The molecule has 1 aliphatic rings. The molecule has 1 amide bonds. The van der Waals surface area contributed by atoms with Crippen molar-refractivity contribution in [3.05, 3.63) is 70.8 Å². The Morgan fingerprint density at radius 1 is 1.17 bits per heavy atom. The third-order valence-electron chi connectivity index (χ3n) is 5.55. The van der Waals surface area contributed by atoms with Crippen LogP contribution in [0.2, 0.25) is 0 Å². The predicted octanol–water partition coefficient (Wildman–Crippen LogP) is 4.30. The second kappa shape index (κ2) is 9.94. The fraction of sp³-hybridized carbons (Fsp3) is 0.417. The monoisotopic (exact) mass is 414 g/mol. The average molecular weight is 414 g/mol. The van der Waals surface area contributed by atoms with Crippen LogP contribution in [-0.2, 0) is 11.3 Å². The molecule has 1 atom stereocenters. The number of carbonyl (C=O) groups is 2. The van der Waals surface area contributed by atoms with Crippen molar-refractivity contribution in [1.82, 2.24) is 10.2 Å². The third kappa shape index (κ3) is 5.51. The molecule has 0 aromatic heterocycles. The lowest BCUT2D eigenvalue weighted by molar-refractivity contribution is -0.131. The number of piperidine rings is 1. The van der Waals surface area contributed by atoms with Crippen molar-refractivity contribution in [2.75, 3.05) is 19.6 Å². The van der Waals surface area contributed by atoms with E-state index in [1.807, 2.05) is 43.0 Å². The number of hydrogen-bond donors (Lipinski definition) is 1. The maximum absolute atomic E-state index is 13.7. The van der Waals surface area contributed by atoms with Crippen LogP contribution in [-0.4, -0.2) is 36.2 Å². The Morgan fingerprint density at radius 3 is 2.70 bits per heavy atom. The highest BCUT2D eigenvalue weighted by Gasteiger charge is 2.25. The van der Waals surface area contributed by atoms with E-state index in [4.69, 9.17) is 0 Å². The van der Waals surface area contributed by atoms with Crippen LogP contribution in [0.3, 0.4) is 0 Å². The molecule has 4 nitrogen and oxygen atoms in total. The number of Topliss-reactive ketones (excluding diaryl/α,β-unsaturated/α-hetero) is 1. The lowest BCUT2D eigenvalue weighted by Gasteiger charge is -2.33. The van der Waals surface area contributed by atoms with Gasteiger partial charge in [0.15, 0.2) is 5.78 Å². The van der Waals surface area contributed by atoms with E-state index in [1.165, 1.54) is 12.1 Å². The first-order chi connectivity index (χ1) is 14.3. The average Bonchev–Trinajstić information content (AvgIpc) is 2.74. The number of nitrogens with zero attached hydrogens (tertiary/aromatic N) is 1. The maximum atomic E-state index is 13.7. The molecule has 1 N–H and O–H groups in total. The minimum Gasteiger partial charge on any atom is -0.341 e. The molecule has 0 radical (unpaired) electrons. The van der Waals surface area contributed by atoms with Crippen LogP contribution in [0.15, 0.2) is 42.5 Å². The first kappa shape index (κ1) is 22.1. The zero-order chi connectivity index (χ0) is 21.7. The minimum absolute atomic E-state index is 0.0448. The van der Waals surface area contributed by atoms with Gasteiger partial charge in [-0.3, -0.25) is 9.59 Å². The summed E-state index contributed by atoms with van der Waals surface area (Å²) in [6, 6.07) is 11.1. The van der Waals surface area contributed by atoms with E-state index in [9.17, 15) is 18.4 Å². The summed E-state index contributed by atoms with van der Waals surface area (Å²) in [6.45, 7) is 5.32. The standard InChI is InChI=1S/C24H28F2N2O2/c1-16(2)24(30)18-6-3-5-17(11-18)20-7-4-10-28(15-20)23(29)14-27-13-19-8-9-21(25)12-22(19)26/h3,5-6,8-9,11-12,16,20,27H,4,7,10,13-15H2,1-2H3. The normalized spacial score (nSPS) is 16.7.